The van der Waals surface area contributed by atoms with E-state index in [0.717, 1.165) is 18.0 Å². The molecule has 0 aliphatic heterocycles. The summed E-state index contributed by atoms with van der Waals surface area (Å²) in [6.45, 7) is 1.02. The van der Waals surface area contributed by atoms with Crippen molar-refractivity contribution in [1.82, 2.24) is 5.32 Å². The summed E-state index contributed by atoms with van der Waals surface area (Å²) in [5, 5.41) is 6.17. The first-order valence-corrected chi connectivity index (χ1v) is 6.53. The molecule has 0 saturated heterocycles. The highest BCUT2D eigenvalue weighted by Crippen LogP contribution is 2.28. The molecule has 0 fully saturated rings. The van der Waals surface area contributed by atoms with Crippen LogP contribution < -0.4 is 5.32 Å². The Morgan fingerprint density at radius 2 is 2.00 bits per heavy atom. The molecule has 3 heteroatoms. The van der Waals surface area contributed by atoms with E-state index in [2.05, 4.69) is 28.9 Å². The molecule has 16 heavy (non-hydrogen) atoms. The van der Waals surface area contributed by atoms with E-state index in [1.165, 1.54) is 16.0 Å². The van der Waals surface area contributed by atoms with Crippen molar-refractivity contribution in [2.75, 3.05) is 13.6 Å². The Morgan fingerprint density at radius 1 is 1.25 bits per heavy atom. The normalized spacial score (nSPS) is 10.6. The molecule has 0 aliphatic carbocycles. The number of thiophene rings is 1. The molecule has 0 radical (unpaired) electrons. The van der Waals surface area contributed by atoms with Gasteiger partial charge in [-0.1, -0.05) is 23.7 Å². The maximum Gasteiger partial charge on any atom is 0.0406 e. The quantitative estimate of drug-likeness (QED) is 0.871. The number of likely N-dealkylation sites (N-methyl/N-ethyl adjacent to an activating group) is 1. The van der Waals surface area contributed by atoms with Crippen LogP contribution in [0.5, 0.6) is 0 Å². The van der Waals surface area contributed by atoms with Crippen molar-refractivity contribution in [3.8, 4) is 10.4 Å². The number of benzene rings is 1. The minimum Gasteiger partial charge on any atom is -0.319 e. The lowest BCUT2D eigenvalue weighted by molar-refractivity contribution is 0.793. The van der Waals surface area contributed by atoms with Gasteiger partial charge in [0, 0.05) is 9.90 Å². The van der Waals surface area contributed by atoms with Crippen molar-refractivity contribution < 1.29 is 0 Å². The van der Waals surface area contributed by atoms with Gasteiger partial charge < -0.3 is 5.32 Å². The Kier molecular flexibility index (Phi) is 3.99. The number of nitrogens with one attached hydrogen (secondary N) is 1. The molecule has 1 aromatic carbocycles. The molecule has 0 atom stereocenters. The number of hydrogen-bond acceptors (Lipinski definition) is 2. The Labute approximate surface area is 105 Å². The predicted molar refractivity (Wildman–Crippen MR) is 72.4 cm³/mol. The summed E-state index contributed by atoms with van der Waals surface area (Å²) in [6, 6.07) is 10.3. The zero-order valence-corrected chi connectivity index (χ0v) is 10.7. The molecule has 0 bridgehead atoms. The summed E-state index contributed by atoms with van der Waals surface area (Å²) in [7, 11) is 1.98. The van der Waals surface area contributed by atoms with Crippen LogP contribution in [0.2, 0.25) is 5.02 Å². The summed E-state index contributed by atoms with van der Waals surface area (Å²) in [5.41, 5.74) is 2.63. The van der Waals surface area contributed by atoms with E-state index in [9.17, 15) is 0 Å². The maximum absolute atomic E-state index is 5.87. The van der Waals surface area contributed by atoms with E-state index in [0.29, 0.717) is 0 Å². The van der Waals surface area contributed by atoms with Crippen LogP contribution in [-0.4, -0.2) is 13.6 Å². The summed E-state index contributed by atoms with van der Waals surface area (Å²) in [6.07, 6.45) is 1.08. The van der Waals surface area contributed by atoms with E-state index >= 15 is 0 Å². The van der Waals surface area contributed by atoms with E-state index in [1.54, 1.807) is 11.3 Å². The van der Waals surface area contributed by atoms with Crippen LogP contribution in [0.4, 0.5) is 0 Å². The molecule has 84 valence electrons. The summed E-state index contributed by atoms with van der Waals surface area (Å²) < 4.78 is 0. The highest BCUT2D eigenvalue weighted by atomic mass is 35.5. The fourth-order valence-corrected chi connectivity index (χ4v) is 2.62. The first kappa shape index (κ1) is 11.6. The van der Waals surface area contributed by atoms with Crippen molar-refractivity contribution in [3.63, 3.8) is 0 Å². The topological polar surface area (TPSA) is 12.0 Å². The molecule has 1 heterocycles. The van der Waals surface area contributed by atoms with Gasteiger partial charge in [-0.3, -0.25) is 0 Å². The van der Waals surface area contributed by atoms with Gasteiger partial charge in [-0.2, -0.15) is 0 Å². The molecular formula is C13H14ClNS. The van der Waals surface area contributed by atoms with Gasteiger partial charge in [0.05, 0.1) is 0 Å². The third-order valence-corrected chi connectivity index (χ3v) is 3.73. The van der Waals surface area contributed by atoms with Crippen molar-refractivity contribution >= 4 is 22.9 Å². The number of hydrogen-bond donors (Lipinski definition) is 1. The van der Waals surface area contributed by atoms with Crippen LogP contribution in [0, 0.1) is 0 Å². The summed E-state index contributed by atoms with van der Waals surface area (Å²) in [4.78, 5) is 1.31. The second-order valence-corrected chi connectivity index (χ2v) is 5.03. The van der Waals surface area contributed by atoms with Crippen LogP contribution in [0.25, 0.3) is 10.4 Å². The summed E-state index contributed by atoms with van der Waals surface area (Å²) in [5.74, 6) is 0. The standard InChI is InChI=1S/C13H14ClNS/c1-15-7-6-10-8-13(16-9-10)11-2-4-12(14)5-3-11/h2-5,8-9,15H,6-7H2,1H3. The van der Waals surface area contributed by atoms with Crippen LogP contribution in [-0.2, 0) is 6.42 Å². The fourth-order valence-electron chi connectivity index (χ4n) is 1.54. The minimum atomic E-state index is 0.788. The minimum absolute atomic E-state index is 0.788. The Hall–Kier alpha value is -0.830. The third kappa shape index (κ3) is 2.85. The molecule has 0 amide bonds. The molecule has 1 aromatic heterocycles. The van der Waals surface area contributed by atoms with E-state index in [1.807, 2.05) is 19.2 Å². The smallest absolute Gasteiger partial charge is 0.0406 e. The molecule has 0 saturated carbocycles. The number of halogens is 1. The lowest BCUT2D eigenvalue weighted by atomic mass is 10.1. The van der Waals surface area contributed by atoms with Gasteiger partial charge in [0.1, 0.15) is 0 Å². The monoisotopic (exact) mass is 251 g/mol. The van der Waals surface area contributed by atoms with Gasteiger partial charge in [-0.25, -0.2) is 0 Å². The Morgan fingerprint density at radius 3 is 2.69 bits per heavy atom. The lowest BCUT2D eigenvalue weighted by Gasteiger charge is -1.97. The predicted octanol–water partition coefficient (Wildman–Crippen LogP) is 3.83. The second kappa shape index (κ2) is 5.48. The zero-order valence-electron chi connectivity index (χ0n) is 9.16. The van der Waals surface area contributed by atoms with Gasteiger partial charge in [-0.15, -0.1) is 11.3 Å². The van der Waals surface area contributed by atoms with Crippen LogP contribution in [0.1, 0.15) is 5.56 Å². The zero-order chi connectivity index (χ0) is 11.4. The first-order chi connectivity index (χ1) is 7.79. The van der Waals surface area contributed by atoms with E-state index in [-0.39, 0.29) is 0 Å². The number of rotatable bonds is 4. The third-order valence-electron chi connectivity index (χ3n) is 2.45. The van der Waals surface area contributed by atoms with Gasteiger partial charge in [0.15, 0.2) is 0 Å². The molecule has 0 spiro atoms. The van der Waals surface area contributed by atoms with Gasteiger partial charge in [-0.05, 0) is 54.7 Å². The molecule has 2 rings (SSSR count). The Bertz CT molecular complexity index is 447. The van der Waals surface area contributed by atoms with E-state index in [4.69, 9.17) is 11.6 Å². The molecule has 1 nitrogen and oxygen atoms in total. The molecule has 1 N–H and O–H groups in total. The van der Waals surface area contributed by atoms with Crippen molar-refractivity contribution in [3.05, 3.63) is 46.3 Å². The van der Waals surface area contributed by atoms with Crippen LogP contribution >= 0.6 is 22.9 Å². The van der Waals surface area contributed by atoms with Crippen molar-refractivity contribution in [2.45, 2.75) is 6.42 Å². The van der Waals surface area contributed by atoms with Gasteiger partial charge in [0.25, 0.3) is 0 Å². The lowest BCUT2D eigenvalue weighted by Crippen LogP contribution is -2.09. The Balaban J connectivity index is 2.15. The van der Waals surface area contributed by atoms with Gasteiger partial charge in [0.2, 0.25) is 0 Å². The first-order valence-electron chi connectivity index (χ1n) is 5.27. The molecular weight excluding hydrogens is 238 g/mol. The highest BCUT2D eigenvalue weighted by Gasteiger charge is 2.02. The van der Waals surface area contributed by atoms with Crippen LogP contribution in [0.3, 0.4) is 0 Å². The average molecular weight is 252 g/mol. The summed E-state index contributed by atoms with van der Waals surface area (Å²) >= 11 is 7.66. The maximum atomic E-state index is 5.87. The van der Waals surface area contributed by atoms with E-state index < -0.39 is 0 Å². The second-order valence-electron chi connectivity index (χ2n) is 3.68. The molecule has 2 aromatic rings. The molecule has 0 aliphatic rings. The highest BCUT2D eigenvalue weighted by molar-refractivity contribution is 7.13. The largest absolute Gasteiger partial charge is 0.319 e. The van der Waals surface area contributed by atoms with Crippen LogP contribution in [0.15, 0.2) is 35.7 Å². The van der Waals surface area contributed by atoms with Crippen molar-refractivity contribution in [1.29, 1.82) is 0 Å². The fraction of sp³-hybridized carbons (Fsp3) is 0.231. The molecule has 0 unspecified atom stereocenters. The van der Waals surface area contributed by atoms with Gasteiger partial charge >= 0.3 is 0 Å². The SMILES string of the molecule is CNCCc1csc(-c2ccc(Cl)cc2)c1. The average Bonchev–Trinajstić information content (AvgIpc) is 2.76. The van der Waals surface area contributed by atoms with Crippen molar-refractivity contribution in [2.24, 2.45) is 0 Å².